The van der Waals surface area contributed by atoms with Gasteiger partial charge in [-0.25, -0.2) is 4.98 Å². The van der Waals surface area contributed by atoms with Crippen molar-refractivity contribution in [1.82, 2.24) is 14.5 Å². The topological polar surface area (TPSA) is 94.6 Å². The average molecular weight is 502 g/mol. The molecule has 190 valence electrons. The van der Waals surface area contributed by atoms with Crippen LogP contribution in [0.2, 0.25) is 0 Å². The molecule has 1 aromatic carbocycles. The van der Waals surface area contributed by atoms with Crippen LogP contribution in [-0.2, 0) is 7.05 Å². The molecular weight excluding hydrogens is 475 g/mol. The highest BCUT2D eigenvalue weighted by Crippen LogP contribution is 2.33. The number of hydrogen-bond acceptors (Lipinski definition) is 7. The summed E-state index contributed by atoms with van der Waals surface area (Å²) >= 11 is 0. The molecule has 1 N–H and O–H groups in total. The Morgan fingerprint density at radius 1 is 1.22 bits per heavy atom. The number of nitrogens with zero attached hydrogens (tertiary/aromatic N) is 5. The highest BCUT2D eigenvalue weighted by molar-refractivity contribution is 5.89. The smallest absolute Gasteiger partial charge is 0.406 e. The number of anilines is 1. The normalized spacial score (nSPS) is 19.8. The predicted molar refractivity (Wildman–Crippen MR) is 128 cm³/mol. The zero-order valence-corrected chi connectivity index (χ0v) is 20.0. The number of ether oxygens (including phenoxy) is 1. The van der Waals surface area contributed by atoms with E-state index in [1.807, 2.05) is 24.8 Å². The van der Waals surface area contributed by atoms with Crippen LogP contribution in [-0.4, -0.2) is 57.7 Å². The zero-order valence-electron chi connectivity index (χ0n) is 20.0. The number of pyridine rings is 2. The van der Waals surface area contributed by atoms with Gasteiger partial charge in [0, 0.05) is 38.3 Å². The van der Waals surface area contributed by atoms with Gasteiger partial charge in [-0.1, -0.05) is 12.1 Å². The summed E-state index contributed by atoms with van der Waals surface area (Å²) in [6.07, 6.45) is -4.76. The quantitative estimate of drug-likeness (QED) is 0.573. The second-order valence-electron chi connectivity index (χ2n) is 8.93. The number of nitriles is 1. The third-order valence-corrected chi connectivity index (χ3v) is 6.68. The molecule has 36 heavy (non-hydrogen) atoms. The molecule has 4 rings (SSSR count). The fraction of sp³-hybridized carbons (Fsp3) is 0.400. The van der Waals surface area contributed by atoms with E-state index in [1.54, 1.807) is 31.3 Å². The number of hydrogen-bond donors (Lipinski definition) is 1. The number of piperazine rings is 1. The molecule has 11 heteroatoms. The van der Waals surface area contributed by atoms with Gasteiger partial charge >= 0.3 is 6.36 Å². The minimum absolute atomic E-state index is 0.0917. The first-order chi connectivity index (χ1) is 17.0. The lowest BCUT2D eigenvalue weighted by molar-refractivity contribution is -0.274. The molecule has 3 aromatic rings. The molecule has 3 heterocycles. The first-order valence-corrected chi connectivity index (χ1v) is 11.4. The van der Waals surface area contributed by atoms with Crippen LogP contribution in [0.4, 0.5) is 18.9 Å². The van der Waals surface area contributed by atoms with Crippen molar-refractivity contribution >= 4 is 16.7 Å². The molecule has 8 nitrogen and oxygen atoms in total. The van der Waals surface area contributed by atoms with E-state index in [9.17, 15) is 28.3 Å². The van der Waals surface area contributed by atoms with E-state index in [-0.39, 0.29) is 41.7 Å². The number of rotatable bonds is 5. The van der Waals surface area contributed by atoms with Gasteiger partial charge in [-0.15, -0.1) is 13.2 Å². The lowest BCUT2D eigenvalue weighted by atomic mass is 9.99. The number of aromatic nitrogens is 2. The van der Waals surface area contributed by atoms with Crippen LogP contribution >= 0.6 is 0 Å². The fourth-order valence-corrected chi connectivity index (χ4v) is 4.77. The summed E-state index contributed by atoms with van der Waals surface area (Å²) in [5.74, 6) is -0.294. The molecule has 2 unspecified atom stereocenters. The van der Waals surface area contributed by atoms with Gasteiger partial charge in [0.2, 0.25) is 0 Å². The van der Waals surface area contributed by atoms with Crippen LogP contribution in [0.1, 0.15) is 31.1 Å². The van der Waals surface area contributed by atoms with Crippen LogP contribution < -0.4 is 15.2 Å². The predicted octanol–water partition coefficient (Wildman–Crippen LogP) is 3.34. The van der Waals surface area contributed by atoms with E-state index in [4.69, 9.17) is 0 Å². The van der Waals surface area contributed by atoms with Crippen molar-refractivity contribution in [3.05, 3.63) is 64.1 Å². The minimum atomic E-state index is -4.76. The number of halogens is 3. The summed E-state index contributed by atoms with van der Waals surface area (Å²) in [5.41, 5.74) is 2.52. The Kier molecular flexibility index (Phi) is 6.93. The van der Waals surface area contributed by atoms with Gasteiger partial charge in [-0.2, -0.15) is 5.26 Å². The van der Waals surface area contributed by atoms with Gasteiger partial charge < -0.3 is 19.3 Å². The maximum Gasteiger partial charge on any atom is 0.573 e. The van der Waals surface area contributed by atoms with Crippen molar-refractivity contribution in [2.45, 2.75) is 38.3 Å². The Labute approximate surface area is 205 Å². The van der Waals surface area contributed by atoms with E-state index in [0.29, 0.717) is 29.8 Å². The van der Waals surface area contributed by atoms with E-state index < -0.39 is 6.36 Å². The summed E-state index contributed by atoms with van der Waals surface area (Å²) < 4.78 is 42.9. The molecule has 0 spiro atoms. The van der Waals surface area contributed by atoms with Gasteiger partial charge in [0.15, 0.2) is 0 Å². The molecule has 2 aromatic heterocycles. The van der Waals surface area contributed by atoms with Gasteiger partial charge in [-0.3, -0.25) is 9.69 Å². The Morgan fingerprint density at radius 2 is 1.92 bits per heavy atom. The minimum Gasteiger partial charge on any atom is -0.406 e. The third kappa shape index (κ3) is 5.01. The van der Waals surface area contributed by atoms with Crippen LogP contribution in [0.3, 0.4) is 0 Å². The number of aryl methyl sites for hydroxylation is 1. The van der Waals surface area contributed by atoms with Gasteiger partial charge in [-0.05, 0) is 43.7 Å². The van der Waals surface area contributed by atoms with Crippen LogP contribution in [0, 0.1) is 11.3 Å². The lowest BCUT2D eigenvalue weighted by Gasteiger charge is -2.48. The molecule has 1 aliphatic rings. The first kappa shape index (κ1) is 25.5. The highest BCUT2D eigenvalue weighted by atomic mass is 19.4. The van der Waals surface area contributed by atoms with E-state index in [1.165, 1.54) is 22.8 Å². The van der Waals surface area contributed by atoms with Crippen LogP contribution in [0.15, 0.2) is 47.3 Å². The molecule has 0 aliphatic carbocycles. The van der Waals surface area contributed by atoms with Crippen molar-refractivity contribution in [3.63, 3.8) is 0 Å². The summed E-state index contributed by atoms with van der Waals surface area (Å²) in [5, 5.41) is 19.6. The van der Waals surface area contributed by atoms with Crippen molar-refractivity contribution in [2.75, 3.05) is 24.6 Å². The van der Waals surface area contributed by atoms with E-state index in [0.717, 1.165) is 5.56 Å². The van der Waals surface area contributed by atoms with Crippen LogP contribution in [0.25, 0.3) is 11.0 Å². The Morgan fingerprint density at radius 3 is 2.53 bits per heavy atom. The zero-order chi connectivity index (χ0) is 26.2. The number of benzene rings is 1. The fourth-order valence-electron chi connectivity index (χ4n) is 4.77. The number of fused-ring (bicyclic) bond motifs is 1. The molecule has 0 saturated carbocycles. The van der Waals surface area contributed by atoms with Gasteiger partial charge in [0.25, 0.3) is 5.56 Å². The number of alkyl halides is 3. The number of aliphatic hydroxyl groups excluding tert-OH is 1. The van der Waals surface area contributed by atoms with Crippen LogP contribution in [0.5, 0.6) is 5.75 Å². The second kappa shape index (κ2) is 9.79. The summed E-state index contributed by atoms with van der Waals surface area (Å²) in [6, 6.07) is 11.9. The SMILES string of the molecule is CC1CN(C(C)c2ccc(OC(F)(F)F)cc2)[C@H](CO)CN1c1cc(=O)n(C)c2ccc(C#N)nc12. The Balaban J connectivity index is 1.63. The molecule has 0 bridgehead atoms. The lowest BCUT2D eigenvalue weighted by Crippen LogP contribution is -2.59. The highest BCUT2D eigenvalue weighted by Gasteiger charge is 2.36. The maximum absolute atomic E-state index is 12.7. The Hall–Kier alpha value is -3.62. The van der Waals surface area contributed by atoms with Crippen molar-refractivity contribution in [1.29, 1.82) is 5.26 Å². The average Bonchev–Trinajstić information content (AvgIpc) is 2.85. The van der Waals surface area contributed by atoms with Crippen molar-refractivity contribution < 1.29 is 23.0 Å². The molecule has 0 amide bonds. The van der Waals surface area contributed by atoms with Gasteiger partial charge in [0.05, 0.1) is 23.9 Å². The molecular formula is C25H26F3N5O3. The second-order valence-corrected chi connectivity index (χ2v) is 8.93. The first-order valence-electron chi connectivity index (χ1n) is 11.4. The number of aliphatic hydroxyl groups is 1. The maximum atomic E-state index is 12.7. The molecule has 1 aliphatic heterocycles. The van der Waals surface area contributed by atoms with Crippen molar-refractivity contribution in [3.8, 4) is 11.8 Å². The monoisotopic (exact) mass is 501 g/mol. The Bertz CT molecular complexity index is 1350. The van der Waals surface area contributed by atoms with Gasteiger partial charge in [0.1, 0.15) is 23.0 Å². The molecule has 1 saturated heterocycles. The standard InChI is InChI=1S/C25H26F3N5O3/c1-15-12-33(16(2)17-4-7-20(8-5-17)36-25(26,27)28)19(14-34)13-32(15)22-10-23(35)31(3)21-9-6-18(11-29)30-24(21)22/h4-10,15-16,19,34H,12-14H2,1-3H3/t15?,16?,19-/m0/s1. The molecule has 0 radical (unpaired) electrons. The summed E-state index contributed by atoms with van der Waals surface area (Å²) in [7, 11) is 1.65. The van der Waals surface area contributed by atoms with E-state index in [2.05, 4.69) is 14.6 Å². The van der Waals surface area contributed by atoms with E-state index >= 15 is 0 Å². The third-order valence-electron chi connectivity index (χ3n) is 6.68. The summed E-state index contributed by atoms with van der Waals surface area (Å²) in [6.45, 7) is 4.66. The van der Waals surface area contributed by atoms with Crippen molar-refractivity contribution in [2.24, 2.45) is 7.05 Å². The summed E-state index contributed by atoms with van der Waals surface area (Å²) in [4.78, 5) is 21.3. The molecule has 3 atom stereocenters. The molecule has 1 fully saturated rings. The largest absolute Gasteiger partial charge is 0.573 e.